The van der Waals surface area contributed by atoms with Crippen LogP contribution in [0.3, 0.4) is 0 Å². The van der Waals surface area contributed by atoms with E-state index in [1.807, 2.05) is 30.5 Å². The number of benzene rings is 1. The van der Waals surface area contributed by atoms with Crippen molar-refractivity contribution in [1.29, 1.82) is 0 Å². The Labute approximate surface area is 362 Å². The predicted octanol–water partition coefficient (Wildman–Crippen LogP) is -0.0217. The van der Waals surface area contributed by atoms with E-state index in [2.05, 4.69) is 44.7 Å². The number of carbonyl (C=O) groups is 3. The topological polar surface area (TPSA) is 391 Å². The van der Waals surface area contributed by atoms with Gasteiger partial charge in [0.05, 0.1) is 25.3 Å². The smallest absolute Gasteiger partial charge is 0.386 e. The van der Waals surface area contributed by atoms with Gasteiger partial charge in [-0.05, 0) is 18.1 Å². The number of para-hydroxylation sites is 1. The van der Waals surface area contributed by atoms with Crippen LogP contribution in [0, 0.1) is 5.41 Å². The fraction of sp³-hybridized carbons (Fsp3) is 0.515. The fourth-order valence-electron chi connectivity index (χ4n) is 6.09. The van der Waals surface area contributed by atoms with Gasteiger partial charge < -0.3 is 61.2 Å². The molecule has 12 N–H and O–H groups in total. The van der Waals surface area contributed by atoms with Gasteiger partial charge in [-0.2, -0.15) is 16.1 Å². The number of phosphoric ester groups is 3. The molecule has 0 saturated carbocycles. The SMILES string of the molecule is CC(C)(COP(=O)(O)OP(=O)(O)OC[C@@H]1O[C@@H](n2cnc3c(N)ncnc32)[C@H](O)[C@H]1OP(=O)(O)O)[C@@H](O)C(=O)NCCC(=O)NCCSCC(=O)NCCc1c[nH]c2ccccc12. The van der Waals surface area contributed by atoms with E-state index in [0.29, 0.717) is 18.7 Å². The number of hydrogen-bond donors (Lipinski definition) is 11. The zero-order chi connectivity index (χ0) is 46.2. The number of nitrogens with zero attached hydrogens (tertiary/aromatic N) is 4. The van der Waals surface area contributed by atoms with E-state index in [4.69, 9.17) is 19.5 Å². The minimum atomic E-state index is -5.58. The summed E-state index contributed by atoms with van der Waals surface area (Å²) in [5, 5.41) is 30.5. The van der Waals surface area contributed by atoms with Gasteiger partial charge in [0, 0.05) is 54.3 Å². The highest BCUT2D eigenvalue weighted by Crippen LogP contribution is 2.61. The number of phosphoric acid groups is 3. The number of aromatic nitrogens is 5. The maximum Gasteiger partial charge on any atom is 0.481 e. The maximum absolute atomic E-state index is 12.7. The molecule has 7 atom stereocenters. The van der Waals surface area contributed by atoms with Crippen LogP contribution >= 0.6 is 35.2 Å². The Morgan fingerprint density at radius 1 is 1.00 bits per heavy atom. The summed E-state index contributed by atoms with van der Waals surface area (Å²) in [5.41, 5.74) is 6.39. The summed E-state index contributed by atoms with van der Waals surface area (Å²) in [4.78, 5) is 91.4. The predicted molar refractivity (Wildman–Crippen MR) is 222 cm³/mol. The normalized spacial score (nSPS) is 20.6. The standard InChI is InChI=1S/C33H48N9O17P3S/c1-33(2,28(46)31(47)37-10-8-23(43)36-11-12-63-15-24(44)35-9-7-19-13-38-21-6-4-3-5-20(19)21)16-56-62(53,54)59-61(51,52)55-14-22-27(58-60(48,49)50)26(45)32(57-22)42-18-41-25-29(34)39-17-40-30(25)42/h3-6,13,17-18,22,26-28,32,38,45-46H,7-12,14-16H2,1-2H3,(H,35,44)(H,36,43)(H,37,47)(H,51,52)(H,53,54)(H2,34,39,40)(H2,48,49,50)/t22-,26+,27-,28-,32+/m0/s1. The van der Waals surface area contributed by atoms with Crippen molar-refractivity contribution in [3.8, 4) is 0 Å². The summed E-state index contributed by atoms with van der Waals surface area (Å²) in [7, 11) is -16.4. The molecule has 1 fully saturated rings. The number of nitrogens with one attached hydrogen (secondary N) is 4. The molecule has 0 bridgehead atoms. The zero-order valence-electron chi connectivity index (χ0n) is 33.6. The van der Waals surface area contributed by atoms with E-state index in [0.717, 1.165) is 33.7 Å². The van der Waals surface area contributed by atoms with E-state index in [-0.39, 0.29) is 48.2 Å². The van der Waals surface area contributed by atoms with Crippen molar-refractivity contribution in [3.63, 3.8) is 0 Å². The third-order valence-corrected chi connectivity index (χ3v) is 13.3. The average Bonchev–Trinajstić information content (AvgIpc) is 3.91. The van der Waals surface area contributed by atoms with Gasteiger partial charge in [-0.25, -0.2) is 28.6 Å². The highest BCUT2D eigenvalue weighted by molar-refractivity contribution is 7.99. The van der Waals surface area contributed by atoms with Crippen molar-refractivity contribution < 1.29 is 80.5 Å². The molecule has 63 heavy (non-hydrogen) atoms. The molecule has 1 aliphatic rings. The van der Waals surface area contributed by atoms with Crippen molar-refractivity contribution in [1.82, 2.24) is 40.5 Å². The first-order valence-corrected chi connectivity index (χ1v) is 24.5. The second kappa shape index (κ2) is 21.4. The molecule has 4 heterocycles. The number of aliphatic hydroxyl groups is 2. The Morgan fingerprint density at radius 2 is 1.71 bits per heavy atom. The molecule has 348 valence electrons. The number of carbonyl (C=O) groups excluding carboxylic acids is 3. The molecule has 1 aliphatic heterocycles. The Bertz CT molecular complexity index is 2380. The molecule has 30 heteroatoms. The molecule has 5 rings (SSSR count). The summed E-state index contributed by atoms with van der Waals surface area (Å²) in [6.45, 7) is 1.02. The summed E-state index contributed by atoms with van der Waals surface area (Å²) in [6, 6.07) is 7.88. The zero-order valence-corrected chi connectivity index (χ0v) is 37.1. The lowest BCUT2D eigenvalue weighted by Crippen LogP contribution is -2.46. The number of rotatable bonds is 24. The summed E-state index contributed by atoms with van der Waals surface area (Å²) in [5.74, 6) is -0.932. The van der Waals surface area contributed by atoms with Crippen molar-refractivity contribution in [2.75, 3.05) is 50.1 Å². The quantitative estimate of drug-likeness (QED) is 0.0325. The van der Waals surface area contributed by atoms with Gasteiger partial charge in [-0.1, -0.05) is 32.0 Å². The van der Waals surface area contributed by atoms with E-state index >= 15 is 0 Å². The van der Waals surface area contributed by atoms with Crippen LogP contribution in [0.5, 0.6) is 0 Å². The Hall–Kier alpha value is -3.88. The number of H-pyrrole nitrogens is 1. The maximum atomic E-state index is 12.7. The number of ether oxygens (including phenoxy) is 1. The number of thioether (sulfide) groups is 1. The first-order valence-electron chi connectivity index (χ1n) is 18.8. The second-order valence-corrected chi connectivity index (χ2v) is 19.9. The van der Waals surface area contributed by atoms with Gasteiger partial charge in [0.15, 0.2) is 17.7 Å². The number of hydrogen-bond acceptors (Lipinski definition) is 18. The lowest BCUT2D eigenvalue weighted by molar-refractivity contribution is -0.137. The highest BCUT2D eigenvalue weighted by atomic mass is 32.2. The minimum absolute atomic E-state index is 0.0291. The molecule has 2 unspecified atom stereocenters. The van der Waals surface area contributed by atoms with Crippen molar-refractivity contribution in [2.24, 2.45) is 5.41 Å². The van der Waals surface area contributed by atoms with Crippen LogP contribution in [-0.4, -0.2) is 141 Å². The van der Waals surface area contributed by atoms with Crippen LogP contribution in [0.25, 0.3) is 22.1 Å². The fourth-order valence-corrected chi connectivity index (χ4v) is 9.60. The van der Waals surface area contributed by atoms with Crippen LogP contribution < -0.4 is 21.7 Å². The number of aromatic amines is 1. The van der Waals surface area contributed by atoms with Gasteiger partial charge >= 0.3 is 23.5 Å². The molecule has 0 aliphatic carbocycles. The molecule has 0 radical (unpaired) electrons. The van der Waals surface area contributed by atoms with Crippen molar-refractivity contribution >= 4 is 80.8 Å². The summed E-state index contributed by atoms with van der Waals surface area (Å²) in [6.07, 6.45) is -4.34. The van der Waals surface area contributed by atoms with Gasteiger partial charge in [0.25, 0.3) is 0 Å². The van der Waals surface area contributed by atoms with Crippen LogP contribution in [0.15, 0.2) is 43.1 Å². The molecule has 3 aromatic heterocycles. The number of anilines is 1. The average molecular weight is 968 g/mol. The number of fused-ring (bicyclic) bond motifs is 2. The Balaban J connectivity index is 0.988. The number of nitrogens with two attached hydrogens (primary N) is 1. The molecular weight excluding hydrogens is 919 g/mol. The molecule has 0 spiro atoms. The monoisotopic (exact) mass is 967 g/mol. The summed E-state index contributed by atoms with van der Waals surface area (Å²) < 4.78 is 62.3. The molecule has 4 aromatic rings. The van der Waals surface area contributed by atoms with Gasteiger partial charge in [-0.3, -0.25) is 32.5 Å². The van der Waals surface area contributed by atoms with Crippen LogP contribution in [0.1, 0.15) is 32.1 Å². The lowest BCUT2D eigenvalue weighted by atomic mass is 9.87. The van der Waals surface area contributed by atoms with E-state index in [1.165, 1.54) is 25.6 Å². The van der Waals surface area contributed by atoms with E-state index in [1.54, 1.807) is 0 Å². The van der Waals surface area contributed by atoms with Crippen LogP contribution in [0.4, 0.5) is 5.82 Å². The van der Waals surface area contributed by atoms with Crippen molar-refractivity contribution in [2.45, 2.75) is 57.3 Å². The number of imidazole rings is 1. The second-order valence-electron chi connectivity index (χ2n) is 14.6. The minimum Gasteiger partial charge on any atom is -0.386 e. The summed E-state index contributed by atoms with van der Waals surface area (Å²) >= 11 is 1.33. The molecule has 1 aromatic carbocycles. The van der Waals surface area contributed by atoms with Gasteiger partial charge in [-0.15, -0.1) is 0 Å². The van der Waals surface area contributed by atoms with E-state index in [9.17, 15) is 57.9 Å². The first-order chi connectivity index (χ1) is 29.6. The van der Waals surface area contributed by atoms with Crippen LogP contribution in [-0.2, 0) is 57.1 Å². The Morgan fingerprint density at radius 3 is 2.46 bits per heavy atom. The van der Waals surface area contributed by atoms with Crippen molar-refractivity contribution in [3.05, 3.63) is 48.7 Å². The molecule has 1 saturated heterocycles. The third-order valence-electron chi connectivity index (χ3n) is 9.27. The molecular formula is C33H48N9O17P3S. The van der Waals surface area contributed by atoms with Gasteiger partial charge in [0.2, 0.25) is 17.7 Å². The Kier molecular flexibility index (Phi) is 17.0. The molecule has 3 amide bonds. The van der Waals surface area contributed by atoms with Crippen LogP contribution in [0.2, 0.25) is 0 Å². The molecule has 26 nitrogen and oxygen atoms in total. The number of nitrogen functional groups attached to an aromatic ring is 1. The highest BCUT2D eigenvalue weighted by Gasteiger charge is 2.50. The number of amides is 3. The van der Waals surface area contributed by atoms with E-state index < -0.39 is 84.6 Å². The lowest BCUT2D eigenvalue weighted by Gasteiger charge is -2.30. The first kappa shape index (κ1) is 50.1. The largest absolute Gasteiger partial charge is 0.481 e. The number of aliphatic hydroxyl groups excluding tert-OH is 2. The van der Waals surface area contributed by atoms with Gasteiger partial charge in [0.1, 0.15) is 36.3 Å². The third kappa shape index (κ3) is 14.3.